The van der Waals surface area contributed by atoms with Crippen LogP contribution in [0.15, 0.2) is 0 Å². The third kappa shape index (κ3) is 5.20. The van der Waals surface area contributed by atoms with E-state index in [9.17, 15) is 10.2 Å². The molecule has 0 amide bonds. The summed E-state index contributed by atoms with van der Waals surface area (Å²) in [6.45, 7) is 9.14. The van der Waals surface area contributed by atoms with Crippen LogP contribution in [0.5, 0.6) is 0 Å². The molecule has 21 heavy (non-hydrogen) atoms. The average molecular weight is 298 g/mol. The highest BCUT2D eigenvalue weighted by atomic mass is 16.3. The van der Waals surface area contributed by atoms with Crippen LogP contribution in [-0.2, 0) is 0 Å². The summed E-state index contributed by atoms with van der Waals surface area (Å²) in [7, 11) is 0. The fourth-order valence-corrected chi connectivity index (χ4v) is 3.82. The maximum Gasteiger partial charge on any atom is 0.0793 e. The number of aliphatic hydroxyl groups is 2. The Bertz CT molecular complexity index is 293. The lowest BCUT2D eigenvalue weighted by Gasteiger charge is -2.40. The standard InChI is InChI=1S/C17H34N2O2/c1-3-17(21)16-6-4-5-9-19(16)13-15(20)12-18-10-7-14(2)8-11-18/h14-17,20-21H,3-13H2,1-2H3/t15-,16+,17-/m0/s1. The molecule has 4 heteroatoms. The highest BCUT2D eigenvalue weighted by Gasteiger charge is 2.29. The van der Waals surface area contributed by atoms with E-state index < -0.39 is 0 Å². The fourth-order valence-electron chi connectivity index (χ4n) is 3.82. The Kier molecular flexibility index (Phi) is 6.93. The molecule has 2 N–H and O–H groups in total. The third-order valence-electron chi connectivity index (χ3n) is 5.32. The zero-order valence-electron chi connectivity index (χ0n) is 13.9. The van der Waals surface area contributed by atoms with E-state index in [4.69, 9.17) is 0 Å². The monoisotopic (exact) mass is 298 g/mol. The van der Waals surface area contributed by atoms with Crippen LogP contribution in [0.25, 0.3) is 0 Å². The van der Waals surface area contributed by atoms with Crippen LogP contribution in [0, 0.1) is 5.92 Å². The molecule has 2 heterocycles. The van der Waals surface area contributed by atoms with Crippen molar-refractivity contribution in [3.63, 3.8) is 0 Å². The van der Waals surface area contributed by atoms with Crippen molar-refractivity contribution in [1.82, 2.24) is 9.80 Å². The van der Waals surface area contributed by atoms with E-state index in [0.717, 1.165) is 44.9 Å². The van der Waals surface area contributed by atoms with Crippen LogP contribution < -0.4 is 0 Å². The number of hydrogen-bond acceptors (Lipinski definition) is 4. The predicted octanol–water partition coefficient (Wildman–Crippen LogP) is 1.70. The molecule has 0 spiro atoms. The third-order valence-corrected chi connectivity index (χ3v) is 5.32. The molecule has 2 aliphatic rings. The molecule has 2 saturated heterocycles. The van der Waals surface area contributed by atoms with Gasteiger partial charge in [0.1, 0.15) is 0 Å². The molecule has 0 unspecified atom stereocenters. The van der Waals surface area contributed by atoms with Gasteiger partial charge >= 0.3 is 0 Å². The van der Waals surface area contributed by atoms with E-state index >= 15 is 0 Å². The average Bonchev–Trinajstić information content (AvgIpc) is 2.49. The Labute approximate surface area is 130 Å². The van der Waals surface area contributed by atoms with Crippen LogP contribution in [0.4, 0.5) is 0 Å². The Morgan fingerprint density at radius 1 is 1.00 bits per heavy atom. The molecule has 0 aromatic heterocycles. The molecular weight excluding hydrogens is 264 g/mol. The summed E-state index contributed by atoms with van der Waals surface area (Å²) in [5.74, 6) is 0.838. The predicted molar refractivity (Wildman–Crippen MR) is 86.4 cm³/mol. The number of piperidine rings is 2. The van der Waals surface area contributed by atoms with Crippen LogP contribution in [-0.4, -0.2) is 71.0 Å². The topological polar surface area (TPSA) is 46.9 Å². The molecule has 0 radical (unpaired) electrons. The molecule has 4 nitrogen and oxygen atoms in total. The lowest BCUT2D eigenvalue weighted by Crippen LogP contribution is -2.51. The molecule has 0 bridgehead atoms. The highest BCUT2D eigenvalue weighted by molar-refractivity contribution is 4.84. The maximum atomic E-state index is 10.4. The fraction of sp³-hybridized carbons (Fsp3) is 1.00. The first-order valence-corrected chi connectivity index (χ1v) is 8.92. The van der Waals surface area contributed by atoms with Crippen LogP contribution in [0.3, 0.4) is 0 Å². The molecule has 3 atom stereocenters. The van der Waals surface area contributed by atoms with Crippen molar-refractivity contribution in [3.05, 3.63) is 0 Å². The first kappa shape index (κ1) is 17.2. The normalized spacial score (nSPS) is 29.4. The number of aliphatic hydroxyl groups excluding tert-OH is 2. The minimum atomic E-state index is -0.289. The smallest absolute Gasteiger partial charge is 0.0793 e. The van der Waals surface area contributed by atoms with Gasteiger partial charge in [0, 0.05) is 19.1 Å². The number of hydrogen-bond donors (Lipinski definition) is 2. The van der Waals surface area contributed by atoms with Gasteiger partial charge in [-0.25, -0.2) is 0 Å². The second-order valence-corrected chi connectivity index (χ2v) is 7.17. The molecule has 2 fully saturated rings. The first-order chi connectivity index (χ1) is 10.1. The first-order valence-electron chi connectivity index (χ1n) is 8.92. The summed E-state index contributed by atoms with van der Waals surface area (Å²) in [5, 5.41) is 20.6. The zero-order chi connectivity index (χ0) is 15.2. The Hall–Kier alpha value is -0.160. The van der Waals surface area contributed by atoms with Crippen molar-refractivity contribution in [2.45, 2.75) is 70.6 Å². The van der Waals surface area contributed by atoms with E-state index in [2.05, 4.69) is 16.7 Å². The van der Waals surface area contributed by atoms with E-state index in [1.54, 1.807) is 0 Å². The molecule has 0 saturated carbocycles. The maximum absolute atomic E-state index is 10.4. The van der Waals surface area contributed by atoms with Crippen molar-refractivity contribution in [3.8, 4) is 0 Å². The minimum Gasteiger partial charge on any atom is -0.392 e. The number of likely N-dealkylation sites (tertiary alicyclic amines) is 2. The van der Waals surface area contributed by atoms with Gasteiger partial charge in [-0.05, 0) is 57.7 Å². The van der Waals surface area contributed by atoms with Gasteiger partial charge in [0.15, 0.2) is 0 Å². The van der Waals surface area contributed by atoms with Gasteiger partial charge in [-0.1, -0.05) is 20.3 Å². The zero-order valence-corrected chi connectivity index (χ0v) is 13.9. The lowest BCUT2D eigenvalue weighted by molar-refractivity contribution is -0.00988. The summed E-state index contributed by atoms with van der Waals surface area (Å²) >= 11 is 0. The summed E-state index contributed by atoms with van der Waals surface area (Å²) in [4.78, 5) is 4.73. The number of β-amino-alcohol motifs (C(OH)–C–C–N with tert-alkyl or cyclic N) is 1. The van der Waals surface area contributed by atoms with Crippen molar-refractivity contribution in [1.29, 1.82) is 0 Å². The molecule has 2 rings (SSSR count). The van der Waals surface area contributed by atoms with Crippen molar-refractivity contribution in [2.75, 3.05) is 32.7 Å². The SMILES string of the molecule is CC[C@H](O)[C@H]1CCCCN1C[C@@H](O)CN1CCC(C)CC1. The molecule has 0 aromatic rings. The van der Waals surface area contributed by atoms with E-state index in [0.29, 0.717) is 6.54 Å². The van der Waals surface area contributed by atoms with Gasteiger partial charge in [0.2, 0.25) is 0 Å². The van der Waals surface area contributed by atoms with Gasteiger partial charge in [-0.2, -0.15) is 0 Å². The van der Waals surface area contributed by atoms with Gasteiger partial charge in [-0.3, -0.25) is 4.90 Å². The molecule has 124 valence electrons. The largest absolute Gasteiger partial charge is 0.392 e. The van der Waals surface area contributed by atoms with Crippen molar-refractivity contribution >= 4 is 0 Å². The lowest BCUT2D eigenvalue weighted by atomic mass is 9.95. The van der Waals surface area contributed by atoms with Crippen molar-refractivity contribution < 1.29 is 10.2 Å². The minimum absolute atomic E-state index is 0.242. The highest BCUT2D eigenvalue weighted by Crippen LogP contribution is 2.22. The van der Waals surface area contributed by atoms with E-state index in [1.807, 2.05) is 6.92 Å². The number of nitrogens with zero attached hydrogens (tertiary/aromatic N) is 2. The van der Waals surface area contributed by atoms with Crippen LogP contribution >= 0.6 is 0 Å². The summed E-state index contributed by atoms with van der Waals surface area (Å²) in [5.41, 5.74) is 0. The Balaban J connectivity index is 1.78. The number of rotatable bonds is 6. The van der Waals surface area contributed by atoms with Gasteiger partial charge < -0.3 is 15.1 Å². The van der Waals surface area contributed by atoms with Gasteiger partial charge in [0.25, 0.3) is 0 Å². The van der Waals surface area contributed by atoms with Crippen LogP contribution in [0.2, 0.25) is 0 Å². The Morgan fingerprint density at radius 2 is 1.71 bits per heavy atom. The molecule has 2 aliphatic heterocycles. The van der Waals surface area contributed by atoms with Crippen LogP contribution in [0.1, 0.15) is 52.4 Å². The molecule has 0 aliphatic carbocycles. The van der Waals surface area contributed by atoms with Gasteiger partial charge in [-0.15, -0.1) is 0 Å². The second kappa shape index (κ2) is 8.47. The van der Waals surface area contributed by atoms with Gasteiger partial charge in [0.05, 0.1) is 12.2 Å². The van der Waals surface area contributed by atoms with E-state index in [1.165, 1.54) is 25.7 Å². The summed E-state index contributed by atoms with van der Waals surface area (Å²) in [6.07, 6.45) is 6.27. The summed E-state index contributed by atoms with van der Waals surface area (Å²) < 4.78 is 0. The van der Waals surface area contributed by atoms with E-state index in [-0.39, 0.29) is 18.2 Å². The van der Waals surface area contributed by atoms with Crippen molar-refractivity contribution in [2.24, 2.45) is 5.92 Å². The summed E-state index contributed by atoms with van der Waals surface area (Å²) in [6, 6.07) is 0.250. The Morgan fingerprint density at radius 3 is 2.38 bits per heavy atom. The molecular formula is C17H34N2O2. The molecule has 0 aromatic carbocycles. The quantitative estimate of drug-likeness (QED) is 0.783. The second-order valence-electron chi connectivity index (χ2n) is 7.17.